The topological polar surface area (TPSA) is 126 Å². The minimum absolute atomic E-state index is 0.137. The molecule has 6 heterocycles. The second-order valence-corrected chi connectivity index (χ2v) is 22.6. The van der Waals surface area contributed by atoms with Gasteiger partial charge in [0.15, 0.2) is 0 Å². The van der Waals surface area contributed by atoms with E-state index in [2.05, 4.69) is 153 Å². The highest BCUT2D eigenvalue weighted by Gasteiger charge is 2.33. The number of carbonyl (C=O) groups excluding carboxylic acids is 1. The number of hydrogen-bond acceptors (Lipinski definition) is 7. The number of benzene rings is 6. The van der Waals surface area contributed by atoms with Crippen molar-refractivity contribution in [1.29, 1.82) is 0 Å². The zero-order valence-corrected chi connectivity index (χ0v) is 44.8. The lowest BCUT2D eigenvalue weighted by Crippen LogP contribution is -2.42. The second kappa shape index (κ2) is 23.7. The summed E-state index contributed by atoms with van der Waals surface area (Å²) in [6, 6.07) is 52.2. The SMILES string of the molecule is O=C(C1Cc2ccccc2C1)N1CCC(n2cnc3ccccc32)CC1.O=C(O)C1Cc2ccccc2C1.c1ccc2c(c1)CC(CN1CCC(n3cnc4ccccc43)CC1)C2.c1ccc2c(c1)ncn2C1CCNCC1. The number of likely N-dealkylation sites (tertiary alicyclic amines) is 2. The summed E-state index contributed by atoms with van der Waals surface area (Å²) in [7, 11) is 0. The van der Waals surface area contributed by atoms with Crippen LogP contribution in [0.5, 0.6) is 0 Å². The number of aromatic nitrogens is 6. The van der Waals surface area contributed by atoms with Crippen LogP contribution in [-0.4, -0.2) is 101 Å². The van der Waals surface area contributed by atoms with Gasteiger partial charge in [-0.25, -0.2) is 15.0 Å². The monoisotopic (exact) mass is 1040 g/mol. The van der Waals surface area contributed by atoms with Gasteiger partial charge in [0.1, 0.15) is 0 Å². The van der Waals surface area contributed by atoms with Gasteiger partial charge in [0.05, 0.1) is 58.0 Å². The minimum Gasteiger partial charge on any atom is -0.481 e. The lowest BCUT2D eigenvalue weighted by atomic mass is 10.00. The number of fused-ring (bicyclic) bond motifs is 6. The Kier molecular flexibility index (Phi) is 15.6. The third-order valence-electron chi connectivity index (χ3n) is 17.7. The van der Waals surface area contributed by atoms with Gasteiger partial charge in [0.25, 0.3) is 0 Å². The van der Waals surface area contributed by atoms with Gasteiger partial charge in [0, 0.05) is 56.8 Å². The molecule has 0 radical (unpaired) electrons. The molecular formula is C66H73N9O3. The molecule has 12 nitrogen and oxygen atoms in total. The van der Waals surface area contributed by atoms with Gasteiger partial charge in [-0.2, -0.15) is 0 Å². The van der Waals surface area contributed by atoms with Crippen LogP contribution in [0.15, 0.2) is 165 Å². The molecule has 1 amide bonds. The molecule has 12 heteroatoms. The fraction of sp³-hybridized carbons (Fsp3) is 0.379. The molecule has 3 fully saturated rings. The van der Waals surface area contributed by atoms with Gasteiger partial charge in [0.2, 0.25) is 5.91 Å². The Hall–Kier alpha value is -7.41. The molecule has 78 heavy (non-hydrogen) atoms. The van der Waals surface area contributed by atoms with Crippen LogP contribution < -0.4 is 5.32 Å². The molecule has 3 aliphatic carbocycles. The molecule has 6 aromatic carbocycles. The number of carboxylic acids is 1. The van der Waals surface area contributed by atoms with E-state index in [9.17, 15) is 9.59 Å². The van der Waals surface area contributed by atoms with Crippen LogP contribution in [0.25, 0.3) is 33.1 Å². The third kappa shape index (κ3) is 11.4. The number of rotatable bonds is 7. The Morgan fingerprint density at radius 1 is 0.436 bits per heavy atom. The number of piperidine rings is 3. The number of hydrogen-bond donors (Lipinski definition) is 2. The smallest absolute Gasteiger partial charge is 0.307 e. The zero-order chi connectivity index (χ0) is 52.8. The molecule has 0 saturated carbocycles. The molecule has 0 atom stereocenters. The molecule has 400 valence electrons. The van der Waals surface area contributed by atoms with E-state index in [0.29, 0.717) is 36.9 Å². The number of para-hydroxylation sites is 6. The maximum Gasteiger partial charge on any atom is 0.307 e. The first-order valence-corrected chi connectivity index (χ1v) is 28.8. The first-order valence-electron chi connectivity index (χ1n) is 28.8. The summed E-state index contributed by atoms with van der Waals surface area (Å²) in [4.78, 5) is 41.9. The Labute approximate surface area is 458 Å². The number of carboxylic acid groups (broad SMARTS) is 1. The van der Waals surface area contributed by atoms with E-state index in [0.717, 1.165) is 74.3 Å². The van der Waals surface area contributed by atoms with E-state index in [1.807, 2.05) is 55.4 Å². The Morgan fingerprint density at radius 3 is 1.19 bits per heavy atom. The fourth-order valence-electron chi connectivity index (χ4n) is 13.5. The molecule has 2 N–H and O–H groups in total. The lowest BCUT2D eigenvalue weighted by Gasteiger charge is -2.34. The Balaban J connectivity index is 0.000000109. The van der Waals surface area contributed by atoms with E-state index < -0.39 is 5.97 Å². The molecule has 6 aliphatic rings. The quantitative estimate of drug-likeness (QED) is 0.162. The van der Waals surface area contributed by atoms with E-state index >= 15 is 0 Å². The summed E-state index contributed by atoms with van der Waals surface area (Å²) in [6.45, 7) is 7.63. The average molecular weight is 1040 g/mol. The first kappa shape index (κ1) is 51.4. The van der Waals surface area contributed by atoms with Crippen LogP contribution in [0.4, 0.5) is 0 Å². The molecule has 3 aliphatic heterocycles. The number of nitrogens with one attached hydrogen (secondary N) is 1. The van der Waals surface area contributed by atoms with Crippen molar-refractivity contribution in [1.82, 2.24) is 43.8 Å². The number of nitrogens with zero attached hydrogens (tertiary/aromatic N) is 8. The van der Waals surface area contributed by atoms with E-state index in [1.165, 1.54) is 97.0 Å². The first-order chi connectivity index (χ1) is 38.4. The standard InChI is InChI=1S/C22H23N3O.C22H25N3.C12H15N3.C10H10O2/c26-22(18-13-16-5-1-2-6-17(16)14-18)24-11-9-19(10-12-24)25-15-23-20-7-3-4-8-21(20)25;1-2-6-19-14-17(13-18(19)5-1)15-24-11-9-20(10-12-24)25-16-23-21-7-3-4-8-22(21)25;1-2-4-12-11(3-1)14-9-15(12)10-5-7-13-8-6-10;11-10(12)9-5-7-3-1-2-4-8(7)6-9/h1-8,15,18-19H,9-14H2;1-8,16-17,20H,9-15H2;1-4,9-10,13H,5-8H2;1-4,9H,5-6H2,(H,11,12). The van der Waals surface area contributed by atoms with Gasteiger partial charge < -0.3 is 33.9 Å². The number of imidazole rings is 3. The van der Waals surface area contributed by atoms with Crippen LogP contribution in [-0.2, 0) is 48.1 Å². The van der Waals surface area contributed by atoms with Crippen molar-refractivity contribution < 1.29 is 14.7 Å². The summed E-state index contributed by atoms with van der Waals surface area (Å²) in [6.07, 6.45) is 18.6. The summed E-state index contributed by atoms with van der Waals surface area (Å²) in [5.74, 6) is 0.421. The van der Waals surface area contributed by atoms with Crippen LogP contribution in [0.2, 0.25) is 0 Å². The molecular weight excluding hydrogens is 967 g/mol. The highest BCUT2D eigenvalue weighted by atomic mass is 16.4. The normalized spacial score (nSPS) is 18.4. The number of aliphatic carboxylic acids is 1. The molecule has 15 rings (SSSR count). The lowest BCUT2D eigenvalue weighted by molar-refractivity contribution is -0.141. The highest BCUT2D eigenvalue weighted by Crippen LogP contribution is 2.34. The zero-order valence-electron chi connectivity index (χ0n) is 44.8. The van der Waals surface area contributed by atoms with Crippen LogP contribution in [0, 0.1) is 17.8 Å². The van der Waals surface area contributed by atoms with Crippen LogP contribution >= 0.6 is 0 Å². The van der Waals surface area contributed by atoms with Crippen molar-refractivity contribution in [2.75, 3.05) is 45.8 Å². The maximum absolute atomic E-state index is 13.0. The van der Waals surface area contributed by atoms with E-state index in [1.54, 1.807) is 11.1 Å². The third-order valence-corrected chi connectivity index (χ3v) is 17.7. The average Bonchev–Trinajstić information content (AvgIpc) is 4.39. The van der Waals surface area contributed by atoms with Gasteiger partial charge in [-0.05, 0) is 166 Å². The number of amides is 1. The van der Waals surface area contributed by atoms with E-state index in [4.69, 9.17) is 5.11 Å². The Bertz CT molecular complexity index is 3410. The van der Waals surface area contributed by atoms with Crippen LogP contribution in [0.1, 0.15) is 90.0 Å². The number of carbonyl (C=O) groups is 2. The van der Waals surface area contributed by atoms with Crippen molar-refractivity contribution in [2.45, 2.75) is 95.2 Å². The highest BCUT2D eigenvalue weighted by molar-refractivity contribution is 5.81. The van der Waals surface area contributed by atoms with Gasteiger partial charge >= 0.3 is 5.97 Å². The molecule has 0 spiro atoms. The van der Waals surface area contributed by atoms with Gasteiger partial charge in [-0.1, -0.05) is 109 Å². The minimum atomic E-state index is -0.675. The largest absolute Gasteiger partial charge is 0.481 e. The van der Waals surface area contributed by atoms with Crippen molar-refractivity contribution >= 4 is 45.0 Å². The molecule has 0 bridgehead atoms. The summed E-state index contributed by atoms with van der Waals surface area (Å²) >= 11 is 0. The molecule has 3 saturated heterocycles. The fourth-order valence-corrected chi connectivity index (χ4v) is 13.5. The maximum atomic E-state index is 13.0. The van der Waals surface area contributed by atoms with Crippen molar-refractivity contribution in [3.05, 3.63) is 198 Å². The molecule has 9 aromatic rings. The van der Waals surface area contributed by atoms with Crippen LogP contribution in [0.3, 0.4) is 0 Å². The summed E-state index contributed by atoms with van der Waals surface area (Å²) < 4.78 is 7.02. The summed E-state index contributed by atoms with van der Waals surface area (Å²) in [5, 5.41) is 12.2. The van der Waals surface area contributed by atoms with Crippen molar-refractivity contribution in [3.8, 4) is 0 Å². The second-order valence-electron chi connectivity index (χ2n) is 22.6. The van der Waals surface area contributed by atoms with Crippen molar-refractivity contribution in [2.24, 2.45) is 17.8 Å². The predicted octanol–water partition coefficient (Wildman–Crippen LogP) is 11.1. The summed E-state index contributed by atoms with van der Waals surface area (Å²) in [5.41, 5.74) is 15.3. The molecule has 0 unspecified atom stereocenters. The Morgan fingerprint density at radius 2 is 0.782 bits per heavy atom. The van der Waals surface area contributed by atoms with Gasteiger partial charge in [-0.15, -0.1) is 0 Å². The van der Waals surface area contributed by atoms with Crippen molar-refractivity contribution in [3.63, 3.8) is 0 Å². The van der Waals surface area contributed by atoms with Gasteiger partial charge in [-0.3, -0.25) is 9.59 Å². The van der Waals surface area contributed by atoms with E-state index in [-0.39, 0.29) is 11.8 Å². The molecule has 3 aromatic heterocycles. The predicted molar refractivity (Wildman–Crippen MR) is 310 cm³/mol.